The molecule has 4 rings (SSSR count). The van der Waals surface area contributed by atoms with Gasteiger partial charge < -0.3 is 14.3 Å². The first kappa shape index (κ1) is 22.4. The Hall–Kier alpha value is -2.84. The summed E-state index contributed by atoms with van der Waals surface area (Å²) in [7, 11) is 0. The van der Waals surface area contributed by atoms with Gasteiger partial charge in [-0.2, -0.15) is 4.98 Å². The van der Waals surface area contributed by atoms with Crippen molar-refractivity contribution in [3.63, 3.8) is 0 Å². The van der Waals surface area contributed by atoms with Gasteiger partial charge in [-0.15, -0.1) is 0 Å². The topological polar surface area (TPSA) is 105 Å². The Morgan fingerprint density at radius 1 is 1.09 bits per heavy atom. The lowest BCUT2D eigenvalue weighted by atomic mass is 9.83. The van der Waals surface area contributed by atoms with Crippen LogP contribution in [-0.4, -0.2) is 67.4 Å². The van der Waals surface area contributed by atoms with Gasteiger partial charge in [0.15, 0.2) is 5.82 Å². The van der Waals surface area contributed by atoms with Crippen molar-refractivity contribution in [2.45, 2.75) is 71.3 Å². The van der Waals surface area contributed by atoms with Gasteiger partial charge in [-0.1, -0.05) is 12.1 Å². The van der Waals surface area contributed by atoms with Crippen LogP contribution >= 0.6 is 0 Å². The highest BCUT2D eigenvalue weighted by atomic mass is 16.5. The first-order valence-electron chi connectivity index (χ1n) is 11.7. The normalized spacial score (nSPS) is 19.9. The maximum atomic E-state index is 13.1. The van der Waals surface area contributed by atoms with Crippen LogP contribution in [0, 0.1) is 12.8 Å². The van der Waals surface area contributed by atoms with Gasteiger partial charge in [0, 0.05) is 51.1 Å². The predicted octanol–water partition coefficient (Wildman–Crippen LogP) is 2.60. The van der Waals surface area contributed by atoms with E-state index in [-0.39, 0.29) is 17.9 Å². The van der Waals surface area contributed by atoms with E-state index in [1.165, 1.54) is 0 Å². The maximum absolute atomic E-state index is 13.1. The van der Waals surface area contributed by atoms with E-state index < -0.39 is 0 Å². The lowest BCUT2D eigenvalue weighted by Crippen LogP contribution is -2.51. The van der Waals surface area contributed by atoms with E-state index in [9.17, 15) is 9.59 Å². The SMILES string of the molecule is CCc1noc(CCC(=O)N2CCC([C@H]3CCCCN3C(=O)c3cnc(C)cn3)CC2)n1. The van der Waals surface area contributed by atoms with Crippen molar-refractivity contribution in [1.82, 2.24) is 29.9 Å². The Bertz CT molecular complexity index is 920. The smallest absolute Gasteiger partial charge is 0.274 e. The molecule has 4 heterocycles. The first-order valence-corrected chi connectivity index (χ1v) is 11.7. The predicted molar refractivity (Wildman–Crippen MR) is 117 cm³/mol. The second-order valence-electron chi connectivity index (χ2n) is 8.78. The van der Waals surface area contributed by atoms with Crippen molar-refractivity contribution in [2.75, 3.05) is 19.6 Å². The molecule has 32 heavy (non-hydrogen) atoms. The molecule has 9 nitrogen and oxygen atoms in total. The molecule has 2 aromatic heterocycles. The fourth-order valence-electron chi connectivity index (χ4n) is 4.79. The second kappa shape index (κ2) is 10.2. The zero-order valence-corrected chi connectivity index (χ0v) is 19.0. The van der Waals surface area contributed by atoms with Crippen LogP contribution in [0.3, 0.4) is 0 Å². The molecule has 0 saturated carbocycles. The quantitative estimate of drug-likeness (QED) is 0.680. The van der Waals surface area contributed by atoms with Crippen LogP contribution in [0.15, 0.2) is 16.9 Å². The minimum atomic E-state index is -0.0216. The number of amides is 2. The highest BCUT2D eigenvalue weighted by molar-refractivity contribution is 5.92. The van der Waals surface area contributed by atoms with Crippen molar-refractivity contribution in [1.29, 1.82) is 0 Å². The van der Waals surface area contributed by atoms with E-state index in [4.69, 9.17) is 4.52 Å². The molecule has 2 aliphatic heterocycles. The molecule has 0 bridgehead atoms. The molecular weight excluding hydrogens is 408 g/mol. The molecule has 0 aromatic carbocycles. The van der Waals surface area contributed by atoms with Crippen molar-refractivity contribution in [2.24, 2.45) is 5.92 Å². The van der Waals surface area contributed by atoms with Crippen LogP contribution in [0.4, 0.5) is 0 Å². The summed E-state index contributed by atoms with van der Waals surface area (Å²) < 4.78 is 5.19. The minimum Gasteiger partial charge on any atom is -0.343 e. The number of likely N-dealkylation sites (tertiary alicyclic amines) is 2. The van der Waals surface area contributed by atoms with Gasteiger partial charge in [-0.25, -0.2) is 4.98 Å². The van der Waals surface area contributed by atoms with Crippen molar-refractivity contribution in [3.05, 3.63) is 35.5 Å². The summed E-state index contributed by atoms with van der Waals surface area (Å²) >= 11 is 0. The number of hydrogen-bond acceptors (Lipinski definition) is 7. The number of aromatic nitrogens is 4. The van der Waals surface area contributed by atoms with Gasteiger partial charge in [-0.05, 0) is 44.9 Å². The lowest BCUT2D eigenvalue weighted by molar-refractivity contribution is -0.133. The average molecular weight is 441 g/mol. The fraction of sp³-hybridized carbons (Fsp3) is 0.652. The molecule has 2 aromatic rings. The Kier molecular flexibility index (Phi) is 7.12. The Morgan fingerprint density at radius 3 is 2.59 bits per heavy atom. The summed E-state index contributed by atoms with van der Waals surface area (Å²) in [5.41, 5.74) is 1.22. The molecular formula is C23H32N6O3. The van der Waals surface area contributed by atoms with E-state index >= 15 is 0 Å². The van der Waals surface area contributed by atoms with Crippen molar-refractivity contribution < 1.29 is 14.1 Å². The number of rotatable bonds is 6. The molecule has 0 N–H and O–H groups in total. The van der Waals surface area contributed by atoms with Crippen LogP contribution in [0.1, 0.15) is 73.3 Å². The van der Waals surface area contributed by atoms with Crippen molar-refractivity contribution in [3.8, 4) is 0 Å². The summed E-state index contributed by atoms with van der Waals surface area (Å²) in [5.74, 6) is 1.72. The molecule has 0 unspecified atom stereocenters. The molecule has 2 amide bonds. The molecule has 0 radical (unpaired) electrons. The lowest BCUT2D eigenvalue weighted by Gasteiger charge is -2.43. The molecule has 2 saturated heterocycles. The van der Waals surface area contributed by atoms with Gasteiger partial charge in [-0.3, -0.25) is 14.6 Å². The molecule has 172 valence electrons. The van der Waals surface area contributed by atoms with Crippen LogP contribution < -0.4 is 0 Å². The zero-order chi connectivity index (χ0) is 22.5. The molecule has 0 aliphatic carbocycles. The summed E-state index contributed by atoms with van der Waals surface area (Å²) in [6, 6.07) is 0.211. The Labute approximate surface area is 188 Å². The van der Waals surface area contributed by atoms with Crippen LogP contribution in [0.25, 0.3) is 0 Å². The highest BCUT2D eigenvalue weighted by Crippen LogP contribution is 2.31. The fourth-order valence-corrected chi connectivity index (χ4v) is 4.79. The first-order chi connectivity index (χ1) is 15.5. The van der Waals surface area contributed by atoms with Crippen LogP contribution in [0.2, 0.25) is 0 Å². The van der Waals surface area contributed by atoms with E-state index in [0.29, 0.717) is 36.2 Å². The Balaban J connectivity index is 1.31. The van der Waals surface area contributed by atoms with Crippen LogP contribution in [0.5, 0.6) is 0 Å². The number of piperidine rings is 2. The van der Waals surface area contributed by atoms with E-state index in [0.717, 1.165) is 63.9 Å². The average Bonchev–Trinajstić information content (AvgIpc) is 3.31. The molecule has 1 atom stereocenters. The molecule has 2 fully saturated rings. The molecule has 9 heteroatoms. The summed E-state index contributed by atoms with van der Waals surface area (Å²) in [5, 5.41) is 3.88. The van der Waals surface area contributed by atoms with Gasteiger partial charge >= 0.3 is 0 Å². The number of aryl methyl sites for hydroxylation is 3. The monoisotopic (exact) mass is 440 g/mol. The van der Waals surface area contributed by atoms with Gasteiger partial charge in [0.2, 0.25) is 11.8 Å². The summed E-state index contributed by atoms with van der Waals surface area (Å²) in [6.07, 6.45) is 9.82. The maximum Gasteiger partial charge on any atom is 0.274 e. The number of carbonyl (C=O) groups is 2. The van der Waals surface area contributed by atoms with Crippen LogP contribution in [-0.2, 0) is 17.6 Å². The van der Waals surface area contributed by atoms with Gasteiger partial charge in [0.05, 0.1) is 11.9 Å². The van der Waals surface area contributed by atoms with Gasteiger partial charge in [0.25, 0.3) is 5.91 Å². The third-order valence-electron chi connectivity index (χ3n) is 6.63. The third kappa shape index (κ3) is 5.14. The van der Waals surface area contributed by atoms with E-state index in [2.05, 4.69) is 20.1 Å². The second-order valence-corrected chi connectivity index (χ2v) is 8.78. The number of hydrogen-bond donors (Lipinski definition) is 0. The summed E-state index contributed by atoms with van der Waals surface area (Å²) in [6.45, 7) is 6.07. The largest absolute Gasteiger partial charge is 0.343 e. The number of nitrogens with zero attached hydrogens (tertiary/aromatic N) is 6. The number of carbonyl (C=O) groups excluding carboxylic acids is 2. The third-order valence-corrected chi connectivity index (χ3v) is 6.63. The molecule has 2 aliphatic rings. The zero-order valence-electron chi connectivity index (χ0n) is 19.0. The van der Waals surface area contributed by atoms with E-state index in [1.54, 1.807) is 12.4 Å². The standard InChI is InChI=1S/C23H32N6O3/c1-3-20-26-21(32-27-20)7-8-22(30)28-12-9-17(10-13-28)19-6-4-5-11-29(19)23(31)18-15-24-16(2)14-25-18/h14-15,17,19H,3-13H2,1-2H3/t19-/m1/s1. The molecule has 0 spiro atoms. The van der Waals surface area contributed by atoms with Gasteiger partial charge in [0.1, 0.15) is 5.69 Å². The summed E-state index contributed by atoms with van der Waals surface area (Å²) in [4.78, 5) is 42.5. The van der Waals surface area contributed by atoms with Crippen molar-refractivity contribution >= 4 is 11.8 Å². The van der Waals surface area contributed by atoms with E-state index in [1.807, 2.05) is 23.6 Å². The highest BCUT2D eigenvalue weighted by Gasteiger charge is 2.36. The minimum absolute atomic E-state index is 0.0216. The Morgan fingerprint density at radius 2 is 1.91 bits per heavy atom.